The fourth-order valence-electron chi connectivity index (χ4n) is 2.56. The van der Waals surface area contributed by atoms with Crippen molar-refractivity contribution in [1.82, 2.24) is 4.90 Å². The van der Waals surface area contributed by atoms with Gasteiger partial charge >= 0.3 is 0 Å². The Morgan fingerprint density at radius 1 is 1.43 bits per heavy atom. The monoisotopic (exact) mass is 198 g/mol. The molecule has 1 fully saturated rings. The molecule has 0 aromatic rings. The average molecular weight is 198 g/mol. The molecular weight excluding hydrogens is 172 g/mol. The molecule has 1 saturated heterocycles. The van der Waals surface area contributed by atoms with Crippen molar-refractivity contribution in [2.24, 2.45) is 11.1 Å². The first kappa shape index (κ1) is 12.0. The van der Waals surface area contributed by atoms with E-state index in [2.05, 4.69) is 25.7 Å². The van der Waals surface area contributed by atoms with Crippen LogP contribution in [0.15, 0.2) is 0 Å². The highest BCUT2D eigenvalue weighted by Gasteiger charge is 2.36. The molecule has 0 aliphatic carbocycles. The van der Waals surface area contributed by atoms with Crippen LogP contribution in [-0.2, 0) is 0 Å². The van der Waals surface area contributed by atoms with Crippen LogP contribution in [0.25, 0.3) is 0 Å². The highest BCUT2D eigenvalue weighted by molar-refractivity contribution is 4.89. The molecule has 0 saturated carbocycles. The zero-order chi connectivity index (χ0) is 10.6. The maximum Gasteiger partial charge on any atom is 0.00411 e. The topological polar surface area (TPSA) is 29.3 Å². The highest BCUT2D eigenvalue weighted by Crippen LogP contribution is 2.38. The summed E-state index contributed by atoms with van der Waals surface area (Å²) in [6, 6.07) is 0.710. The lowest BCUT2D eigenvalue weighted by molar-refractivity contribution is 0.204. The predicted molar refractivity (Wildman–Crippen MR) is 62.3 cm³/mol. The number of nitrogens with two attached hydrogens (primary N) is 1. The van der Waals surface area contributed by atoms with E-state index in [4.69, 9.17) is 5.73 Å². The van der Waals surface area contributed by atoms with Crippen LogP contribution in [-0.4, -0.2) is 30.6 Å². The van der Waals surface area contributed by atoms with E-state index in [-0.39, 0.29) is 0 Å². The van der Waals surface area contributed by atoms with Crippen molar-refractivity contribution in [2.45, 2.75) is 52.5 Å². The Bertz CT molecular complexity index is 168. The lowest BCUT2D eigenvalue weighted by Gasteiger charge is -2.29. The smallest absolute Gasteiger partial charge is 0.00411 e. The Labute approximate surface area is 88.8 Å². The summed E-state index contributed by atoms with van der Waals surface area (Å²) in [5.41, 5.74) is 6.19. The van der Waals surface area contributed by atoms with Gasteiger partial charge in [-0.25, -0.2) is 0 Å². The van der Waals surface area contributed by atoms with Gasteiger partial charge in [-0.15, -0.1) is 0 Å². The van der Waals surface area contributed by atoms with Crippen LogP contribution in [0.4, 0.5) is 0 Å². The summed E-state index contributed by atoms with van der Waals surface area (Å²) >= 11 is 0. The molecule has 1 aliphatic rings. The summed E-state index contributed by atoms with van der Waals surface area (Å²) in [7, 11) is 0. The minimum atomic E-state index is 0.587. The van der Waals surface area contributed by atoms with E-state index in [0.29, 0.717) is 11.5 Å². The normalized spacial score (nSPS) is 28.9. The SMILES string of the molecule is CCC1(CCCN)CCN(C(C)C)C1. The number of hydrogen-bond donors (Lipinski definition) is 1. The Balaban J connectivity index is 2.48. The van der Waals surface area contributed by atoms with Crippen molar-refractivity contribution in [2.75, 3.05) is 19.6 Å². The van der Waals surface area contributed by atoms with Crippen LogP contribution in [0.2, 0.25) is 0 Å². The highest BCUT2D eigenvalue weighted by atomic mass is 15.2. The minimum absolute atomic E-state index is 0.587. The summed E-state index contributed by atoms with van der Waals surface area (Å²) in [6.07, 6.45) is 5.21. The van der Waals surface area contributed by atoms with Gasteiger partial charge in [0.2, 0.25) is 0 Å². The molecule has 0 bridgehead atoms. The third-order valence-electron chi connectivity index (χ3n) is 3.86. The first-order valence-corrected chi connectivity index (χ1v) is 6.07. The van der Waals surface area contributed by atoms with Crippen molar-refractivity contribution in [3.8, 4) is 0 Å². The van der Waals surface area contributed by atoms with Gasteiger partial charge < -0.3 is 10.6 Å². The van der Waals surface area contributed by atoms with E-state index in [1.165, 1.54) is 38.8 Å². The molecule has 1 heterocycles. The van der Waals surface area contributed by atoms with Gasteiger partial charge in [-0.1, -0.05) is 6.92 Å². The lowest BCUT2D eigenvalue weighted by atomic mass is 9.80. The second-order valence-corrected chi connectivity index (χ2v) is 5.06. The fourth-order valence-corrected chi connectivity index (χ4v) is 2.56. The molecule has 1 unspecified atom stereocenters. The first-order valence-electron chi connectivity index (χ1n) is 6.07. The summed E-state index contributed by atoms with van der Waals surface area (Å²) in [4.78, 5) is 2.61. The Morgan fingerprint density at radius 2 is 2.14 bits per heavy atom. The molecule has 0 aromatic heterocycles. The largest absolute Gasteiger partial charge is 0.330 e. The van der Waals surface area contributed by atoms with Gasteiger partial charge in [0.1, 0.15) is 0 Å². The molecule has 2 heteroatoms. The van der Waals surface area contributed by atoms with Gasteiger partial charge in [0.25, 0.3) is 0 Å². The van der Waals surface area contributed by atoms with Gasteiger partial charge in [-0.3, -0.25) is 0 Å². The van der Waals surface area contributed by atoms with E-state index in [1.54, 1.807) is 0 Å². The number of hydrogen-bond acceptors (Lipinski definition) is 2. The maximum atomic E-state index is 5.60. The molecule has 84 valence electrons. The van der Waals surface area contributed by atoms with Crippen LogP contribution in [0, 0.1) is 5.41 Å². The van der Waals surface area contributed by atoms with Crippen LogP contribution < -0.4 is 5.73 Å². The molecule has 2 nitrogen and oxygen atoms in total. The minimum Gasteiger partial charge on any atom is -0.330 e. The number of nitrogens with zero attached hydrogens (tertiary/aromatic N) is 1. The Kier molecular flexibility index (Phi) is 4.39. The molecule has 0 amide bonds. The second-order valence-electron chi connectivity index (χ2n) is 5.06. The van der Waals surface area contributed by atoms with Gasteiger partial charge in [0, 0.05) is 12.6 Å². The third-order valence-corrected chi connectivity index (χ3v) is 3.86. The molecule has 1 rings (SSSR count). The Morgan fingerprint density at radius 3 is 2.57 bits per heavy atom. The van der Waals surface area contributed by atoms with Crippen molar-refractivity contribution in [3.63, 3.8) is 0 Å². The molecule has 0 radical (unpaired) electrons. The molecule has 1 atom stereocenters. The maximum absolute atomic E-state index is 5.60. The fraction of sp³-hybridized carbons (Fsp3) is 1.00. The summed E-state index contributed by atoms with van der Waals surface area (Å²) < 4.78 is 0. The van der Waals surface area contributed by atoms with Crippen LogP contribution in [0.3, 0.4) is 0 Å². The van der Waals surface area contributed by atoms with Gasteiger partial charge in [0.05, 0.1) is 0 Å². The predicted octanol–water partition coefficient (Wildman–Crippen LogP) is 2.24. The van der Waals surface area contributed by atoms with E-state index in [1.807, 2.05) is 0 Å². The molecule has 1 aliphatic heterocycles. The summed E-state index contributed by atoms with van der Waals surface area (Å²) in [5.74, 6) is 0. The zero-order valence-electron chi connectivity index (χ0n) is 10.1. The van der Waals surface area contributed by atoms with Gasteiger partial charge in [-0.2, -0.15) is 0 Å². The van der Waals surface area contributed by atoms with Crippen LogP contribution in [0.1, 0.15) is 46.5 Å². The molecular formula is C12H26N2. The third kappa shape index (κ3) is 2.71. The van der Waals surface area contributed by atoms with Crippen molar-refractivity contribution in [3.05, 3.63) is 0 Å². The van der Waals surface area contributed by atoms with Crippen LogP contribution in [0.5, 0.6) is 0 Å². The van der Waals surface area contributed by atoms with E-state index in [0.717, 1.165) is 6.54 Å². The number of likely N-dealkylation sites (tertiary alicyclic amines) is 1. The standard InChI is InChI=1S/C12H26N2/c1-4-12(6-5-8-13)7-9-14(10-12)11(2)3/h11H,4-10,13H2,1-3H3. The van der Waals surface area contributed by atoms with E-state index < -0.39 is 0 Å². The quantitative estimate of drug-likeness (QED) is 0.734. The molecule has 0 spiro atoms. The molecule has 2 N–H and O–H groups in total. The van der Waals surface area contributed by atoms with Crippen LogP contribution >= 0.6 is 0 Å². The Hall–Kier alpha value is -0.0800. The summed E-state index contributed by atoms with van der Waals surface area (Å²) in [5, 5.41) is 0. The molecule has 14 heavy (non-hydrogen) atoms. The van der Waals surface area contributed by atoms with Crippen molar-refractivity contribution >= 4 is 0 Å². The first-order chi connectivity index (χ1) is 6.63. The zero-order valence-corrected chi connectivity index (χ0v) is 10.1. The summed E-state index contributed by atoms with van der Waals surface area (Å²) in [6.45, 7) is 10.4. The van der Waals surface area contributed by atoms with E-state index >= 15 is 0 Å². The van der Waals surface area contributed by atoms with Gasteiger partial charge in [-0.05, 0) is 58.0 Å². The van der Waals surface area contributed by atoms with Crippen molar-refractivity contribution < 1.29 is 0 Å². The average Bonchev–Trinajstić information content (AvgIpc) is 2.60. The van der Waals surface area contributed by atoms with E-state index in [9.17, 15) is 0 Å². The van der Waals surface area contributed by atoms with Crippen molar-refractivity contribution in [1.29, 1.82) is 0 Å². The van der Waals surface area contributed by atoms with Gasteiger partial charge in [0.15, 0.2) is 0 Å². The second kappa shape index (κ2) is 5.13. The molecule has 0 aromatic carbocycles. The number of rotatable bonds is 5. The lowest BCUT2D eigenvalue weighted by Crippen LogP contribution is -2.32.